The Hall–Kier alpha value is -2.35. The van der Waals surface area contributed by atoms with Gasteiger partial charge in [-0.25, -0.2) is 4.39 Å². The molecule has 4 N–H and O–H groups in total. The van der Waals surface area contributed by atoms with Crippen molar-refractivity contribution in [3.63, 3.8) is 0 Å². The molecule has 1 fully saturated rings. The second-order valence-electron chi connectivity index (χ2n) is 9.71. The Balaban J connectivity index is 0.00000241. The molecule has 0 radical (unpaired) electrons. The van der Waals surface area contributed by atoms with Crippen LogP contribution in [0.25, 0.3) is 11.1 Å². The van der Waals surface area contributed by atoms with Crippen molar-refractivity contribution in [2.75, 3.05) is 32.0 Å². The number of piperidine rings is 1. The summed E-state index contributed by atoms with van der Waals surface area (Å²) < 4.78 is 20.8. The predicted molar refractivity (Wildman–Crippen MR) is 152 cm³/mol. The molecule has 3 aromatic carbocycles. The summed E-state index contributed by atoms with van der Waals surface area (Å²) >= 11 is 0. The highest BCUT2D eigenvalue weighted by molar-refractivity contribution is 5.85. The number of aliphatic hydroxyl groups is 2. The summed E-state index contributed by atoms with van der Waals surface area (Å²) in [5, 5.41) is 21.8. The summed E-state index contributed by atoms with van der Waals surface area (Å²) in [7, 11) is 0. The summed E-state index contributed by atoms with van der Waals surface area (Å²) in [6.45, 7) is 7.72. The fourth-order valence-corrected chi connectivity index (χ4v) is 4.80. The number of aryl methyl sites for hydroxylation is 1. The van der Waals surface area contributed by atoms with Gasteiger partial charge in [0.05, 0.1) is 5.60 Å². The van der Waals surface area contributed by atoms with E-state index in [1.165, 1.54) is 6.07 Å². The molecule has 202 valence electrons. The van der Waals surface area contributed by atoms with E-state index in [4.69, 9.17) is 10.5 Å². The molecule has 0 spiro atoms. The Labute approximate surface area is 231 Å². The van der Waals surface area contributed by atoms with E-state index in [9.17, 15) is 14.6 Å². The number of hydrogen-bond donors (Lipinski definition) is 3. The van der Waals surface area contributed by atoms with Gasteiger partial charge in [-0.15, -0.1) is 24.8 Å². The van der Waals surface area contributed by atoms with Crippen molar-refractivity contribution in [2.45, 2.75) is 45.3 Å². The maximum absolute atomic E-state index is 14.9. The Kier molecular flexibility index (Phi) is 10.8. The van der Waals surface area contributed by atoms with Crippen LogP contribution in [0.15, 0.2) is 54.6 Å². The lowest BCUT2D eigenvalue weighted by molar-refractivity contribution is -0.0374. The van der Waals surface area contributed by atoms with Crippen molar-refractivity contribution in [3.8, 4) is 16.9 Å². The zero-order valence-electron chi connectivity index (χ0n) is 21.5. The number of nitrogens with two attached hydrogens (primary N) is 1. The molecule has 0 aliphatic carbocycles. The van der Waals surface area contributed by atoms with Gasteiger partial charge in [0.15, 0.2) is 0 Å². The highest BCUT2D eigenvalue weighted by atomic mass is 35.5. The molecule has 1 aliphatic rings. The number of ether oxygens (including phenoxy) is 1. The third kappa shape index (κ3) is 6.95. The van der Waals surface area contributed by atoms with E-state index in [2.05, 4.69) is 4.90 Å². The number of rotatable bonds is 7. The van der Waals surface area contributed by atoms with Crippen LogP contribution in [-0.4, -0.2) is 47.5 Å². The van der Waals surface area contributed by atoms with E-state index in [0.29, 0.717) is 43.6 Å². The standard InChI is InChI=1S/C29H35FN2O3.2ClH/c1-19-15-27(20(2)21(3)28(19)31)35-18-24(33)17-32-13-11-29(34,12-14-32)23-9-10-25(26(30)16-23)22-7-5-4-6-8-22;;/h4-10,15-16,24,33-34H,11-14,17-18,31H2,1-3H3;2*1H. The molecule has 0 amide bonds. The molecule has 0 bridgehead atoms. The molecule has 1 saturated heterocycles. The number of benzene rings is 3. The normalized spacial score (nSPS) is 15.8. The second-order valence-corrected chi connectivity index (χ2v) is 9.71. The van der Waals surface area contributed by atoms with Crippen LogP contribution in [0.5, 0.6) is 5.75 Å². The molecule has 8 heteroatoms. The van der Waals surface area contributed by atoms with Crippen molar-refractivity contribution in [1.29, 1.82) is 0 Å². The third-order valence-corrected chi connectivity index (χ3v) is 7.28. The number of β-amino-alcohol motifs (C(OH)–C–C–N with tert-alkyl or cyclic N) is 1. The first-order valence-electron chi connectivity index (χ1n) is 12.2. The van der Waals surface area contributed by atoms with Crippen LogP contribution in [0.1, 0.15) is 35.1 Å². The van der Waals surface area contributed by atoms with E-state index >= 15 is 0 Å². The third-order valence-electron chi connectivity index (χ3n) is 7.28. The molecule has 3 aromatic rings. The van der Waals surface area contributed by atoms with Gasteiger partial charge in [-0.3, -0.25) is 0 Å². The average Bonchev–Trinajstić information content (AvgIpc) is 2.86. The van der Waals surface area contributed by atoms with Crippen LogP contribution in [0, 0.1) is 26.6 Å². The van der Waals surface area contributed by atoms with E-state index in [0.717, 1.165) is 33.7 Å². The first kappa shape index (κ1) is 30.9. The number of hydrogen-bond acceptors (Lipinski definition) is 5. The van der Waals surface area contributed by atoms with Crippen LogP contribution < -0.4 is 10.5 Å². The Morgan fingerprint density at radius 3 is 2.27 bits per heavy atom. The number of aliphatic hydroxyl groups excluding tert-OH is 1. The quantitative estimate of drug-likeness (QED) is 0.335. The zero-order chi connectivity index (χ0) is 25.2. The lowest BCUT2D eigenvalue weighted by Gasteiger charge is -2.39. The molecular formula is C29H37Cl2FN2O3. The minimum Gasteiger partial charge on any atom is -0.491 e. The van der Waals surface area contributed by atoms with Crippen molar-refractivity contribution < 1.29 is 19.3 Å². The summed E-state index contributed by atoms with van der Waals surface area (Å²) in [6.07, 6.45) is 0.279. The zero-order valence-corrected chi connectivity index (χ0v) is 23.2. The molecule has 5 nitrogen and oxygen atoms in total. The maximum Gasteiger partial charge on any atom is 0.131 e. The van der Waals surface area contributed by atoms with Gasteiger partial charge in [0.1, 0.15) is 24.3 Å². The van der Waals surface area contributed by atoms with Crippen molar-refractivity contribution in [3.05, 3.63) is 82.7 Å². The van der Waals surface area contributed by atoms with Gasteiger partial charge in [0, 0.05) is 30.9 Å². The number of likely N-dealkylation sites (tertiary alicyclic amines) is 1. The summed E-state index contributed by atoms with van der Waals surface area (Å²) in [4.78, 5) is 2.11. The fraction of sp³-hybridized carbons (Fsp3) is 0.379. The number of nitrogen functional groups attached to an aromatic ring is 1. The van der Waals surface area contributed by atoms with Crippen molar-refractivity contribution in [1.82, 2.24) is 4.90 Å². The van der Waals surface area contributed by atoms with E-state index in [1.54, 1.807) is 6.07 Å². The average molecular weight is 552 g/mol. The molecule has 4 rings (SSSR count). The largest absolute Gasteiger partial charge is 0.491 e. The Morgan fingerprint density at radius 1 is 1.00 bits per heavy atom. The second kappa shape index (κ2) is 12.9. The summed E-state index contributed by atoms with van der Waals surface area (Å²) in [6, 6.07) is 16.3. The highest BCUT2D eigenvalue weighted by Gasteiger charge is 2.35. The number of nitrogens with zero attached hydrogens (tertiary/aromatic N) is 1. The topological polar surface area (TPSA) is 79.0 Å². The predicted octanol–water partition coefficient (Wildman–Crippen LogP) is 5.57. The SMILES string of the molecule is Cc1cc(OCC(O)CN2CCC(O)(c3ccc(-c4ccccc4)c(F)c3)CC2)c(C)c(C)c1N.Cl.Cl. The van der Waals surface area contributed by atoms with E-state index in [1.807, 2.05) is 63.2 Å². The van der Waals surface area contributed by atoms with Gasteiger partial charge in [-0.05, 0) is 73.6 Å². The highest BCUT2D eigenvalue weighted by Crippen LogP contribution is 2.35. The van der Waals surface area contributed by atoms with Crippen LogP contribution in [0.3, 0.4) is 0 Å². The molecule has 1 heterocycles. The van der Waals surface area contributed by atoms with Gasteiger partial charge >= 0.3 is 0 Å². The molecule has 1 unspecified atom stereocenters. The van der Waals surface area contributed by atoms with Crippen molar-refractivity contribution in [2.24, 2.45) is 0 Å². The smallest absolute Gasteiger partial charge is 0.131 e. The van der Waals surface area contributed by atoms with Crippen LogP contribution >= 0.6 is 24.8 Å². The molecule has 0 aromatic heterocycles. The van der Waals surface area contributed by atoms with Gasteiger partial charge in [0.25, 0.3) is 0 Å². The first-order valence-corrected chi connectivity index (χ1v) is 12.2. The first-order chi connectivity index (χ1) is 16.7. The monoisotopic (exact) mass is 550 g/mol. The molecule has 37 heavy (non-hydrogen) atoms. The minimum absolute atomic E-state index is 0. The molecule has 1 aliphatic heterocycles. The summed E-state index contributed by atoms with van der Waals surface area (Å²) in [5.74, 6) is 0.405. The van der Waals surface area contributed by atoms with E-state index < -0.39 is 11.7 Å². The summed E-state index contributed by atoms with van der Waals surface area (Å²) in [5.41, 5.74) is 10.7. The molecular weight excluding hydrogens is 514 g/mol. The Bertz CT molecular complexity index is 1190. The van der Waals surface area contributed by atoms with E-state index in [-0.39, 0.29) is 37.2 Å². The van der Waals surface area contributed by atoms with Crippen LogP contribution in [0.2, 0.25) is 0 Å². The number of halogens is 3. The minimum atomic E-state index is -1.08. The maximum atomic E-state index is 14.9. The van der Waals surface area contributed by atoms with Crippen LogP contribution in [-0.2, 0) is 5.60 Å². The fourth-order valence-electron chi connectivity index (χ4n) is 4.80. The van der Waals surface area contributed by atoms with Gasteiger partial charge in [0.2, 0.25) is 0 Å². The van der Waals surface area contributed by atoms with Crippen molar-refractivity contribution >= 4 is 30.5 Å². The molecule has 0 saturated carbocycles. The lowest BCUT2D eigenvalue weighted by atomic mass is 9.83. The molecule has 1 atom stereocenters. The van der Waals surface area contributed by atoms with Gasteiger partial charge < -0.3 is 25.6 Å². The van der Waals surface area contributed by atoms with Gasteiger partial charge in [-0.2, -0.15) is 0 Å². The number of anilines is 1. The lowest BCUT2D eigenvalue weighted by Crippen LogP contribution is -2.46. The Morgan fingerprint density at radius 2 is 1.65 bits per heavy atom. The van der Waals surface area contributed by atoms with Crippen LogP contribution in [0.4, 0.5) is 10.1 Å². The van der Waals surface area contributed by atoms with Gasteiger partial charge in [-0.1, -0.05) is 42.5 Å².